The molecular formula is C11H23N3O4. The molecule has 4 N–H and O–H groups in total. The molecular weight excluding hydrogens is 238 g/mol. The Kier molecular flexibility index (Phi) is 7.49. The van der Waals surface area contributed by atoms with Gasteiger partial charge in [0.15, 0.2) is 0 Å². The highest BCUT2D eigenvalue weighted by Crippen LogP contribution is 1.97. The van der Waals surface area contributed by atoms with Gasteiger partial charge in [-0.2, -0.15) is 0 Å². The van der Waals surface area contributed by atoms with E-state index in [1.165, 1.54) is 0 Å². The smallest absolute Gasteiger partial charge is 0.321 e. The molecule has 0 aliphatic carbocycles. The van der Waals surface area contributed by atoms with Gasteiger partial charge in [-0.3, -0.25) is 15.0 Å². The molecule has 0 heterocycles. The van der Waals surface area contributed by atoms with Crippen LogP contribution in [0.4, 0.5) is 4.79 Å². The minimum atomic E-state index is -0.555. The number of nitrogens with zero attached hydrogens (tertiary/aromatic N) is 1. The highest BCUT2D eigenvalue weighted by Gasteiger charge is 2.17. The van der Waals surface area contributed by atoms with Gasteiger partial charge >= 0.3 is 6.03 Å². The maximum absolute atomic E-state index is 11.5. The fraction of sp³-hybridized carbons (Fsp3) is 0.818. The minimum Gasteiger partial charge on any atom is -0.395 e. The number of urea groups is 1. The first-order valence-electron chi connectivity index (χ1n) is 5.84. The van der Waals surface area contributed by atoms with Crippen molar-refractivity contribution in [2.24, 2.45) is 0 Å². The average Bonchev–Trinajstić information content (AvgIpc) is 2.14. The molecule has 106 valence electrons. The van der Waals surface area contributed by atoms with Crippen molar-refractivity contribution in [3.63, 3.8) is 0 Å². The van der Waals surface area contributed by atoms with Crippen LogP contribution in [0.5, 0.6) is 0 Å². The summed E-state index contributed by atoms with van der Waals surface area (Å²) in [6.45, 7) is 5.70. The van der Waals surface area contributed by atoms with E-state index in [0.717, 1.165) is 0 Å². The van der Waals surface area contributed by atoms with Gasteiger partial charge in [0.25, 0.3) is 0 Å². The molecule has 0 unspecified atom stereocenters. The Bertz CT molecular complexity index is 270. The van der Waals surface area contributed by atoms with E-state index in [2.05, 4.69) is 10.6 Å². The third-order valence-corrected chi connectivity index (χ3v) is 1.94. The van der Waals surface area contributed by atoms with Crippen molar-refractivity contribution in [2.75, 3.05) is 32.8 Å². The zero-order chi connectivity index (χ0) is 14.2. The molecule has 3 amide bonds. The largest absolute Gasteiger partial charge is 0.395 e. The van der Waals surface area contributed by atoms with Gasteiger partial charge in [-0.05, 0) is 20.8 Å². The van der Waals surface area contributed by atoms with E-state index in [1.807, 2.05) is 0 Å². The van der Waals surface area contributed by atoms with Crippen molar-refractivity contribution in [1.29, 1.82) is 0 Å². The van der Waals surface area contributed by atoms with Crippen LogP contribution in [-0.4, -0.2) is 65.4 Å². The lowest BCUT2D eigenvalue weighted by molar-refractivity contribution is -0.121. The number of aliphatic hydroxyl groups excluding tert-OH is 2. The van der Waals surface area contributed by atoms with E-state index in [0.29, 0.717) is 0 Å². The van der Waals surface area contributed by atoms with E-state index in [4.69, 9.17) is 10.2 Å². The lowest BCUT2D eigenvalue weighted by Crippen LogP contribution is -2.50. The first-order chi connectivity index (χ1) is 8.28. The van der Waals surface area contributed by atoms with Gasteiger partial charge < -0.3 is 15.5 Å². The summed E-state index contributed by atoms with van der Waals surface area (Å²) < 4.78 is 0. The number of imide groups is 1. The van der Waals surface area contributed by atoms with Gasteiger partial charge in [0.05, 0.1) is 19.8 Å². The number of hydrogen-bond donors (Lipinski definition) is 4. The number of carbonyl (C=O) groups is 2. The summed E-state index contributed by atoms with van der Waals surface area (Å²) in [7, 11) is 0. The molecule has 0 aromatic rings. The lowest BCUT2D eigenvalue weighted by Gasteiger charge is -2.22. The van der Waals surface area contributed by atoms with Crippen LogP contribution in [0, 0.1) is 0 Å². The van der Waals surface area contributed by atoms with Crippen molar-refractivity contribution >= 4 is 11.9 Å². The van der Waals surface area contributed by atoms with Gasteiger partial charge in [0, 0.05) is 18.6 Å². The number of amides is 3. The number of aliphatic hydroxyl groups is 2. The number of carbonyl (C=O) groups excluding carboxylic acids is 2. The van der Waals surface area contributed by atoms with Crippen LogP contribution in [0.1, 0.15) is 20.8 Å². The summed E-state index contributed by atoms with van der Waals surface area (Å²) in [4.78, 5) is 24.5. The quantitative estimate of drug-likeness (QED) is 0.486. The van der Waals surface area contributed by atoms with Gasteiger partial charge in [0.1, 0.15) is 0 Å². The van der Waals surface area contributed by atoms with Crippen LogP contribution in [0.2, 0.25) is 0 Å². The molecule has 0 aromatic heterocycles. The SMILES string of the molecule is CC(C)(C)NC(=O)NC(=O)CN(CCO)CCO. The van der Waals surface area contributed by atoms with Crippen molar-refractivity contribution in [3.05, 3.63) is 0 Å². The van der Waals surface area contributed by atoms with Crippen LogP contribution in [0.15, 0.2) is 0 Å². The van der Waals surface area contributed by atoms with E-state index in [1.54, 1.807) is 25.7 Å². The highest BCUT2D eigenvalue weighted by molar-refractivity contribution is 5.95. The molecule has 0 aliphatic heterocycles. The third-order valence-electron chi connectivity index (χ3n) is 1.94. The Balaban J connectivity index is 4.11. The van der Waals surface area contributed by atoms with E-state index >= 15 is 0 Å². The highest BCUT2D eigenvalue weighted by atomic mass is 16.3. The Morgan fingerprint density at radius 2 is 1.61 bits per heavy atom. The maximum atomic E-state index is 11.5. The monoisotopic (exact) mass is 261 g/mol. The zero-order valence-electron chi connectivity index (χ0n) is 11.2. The first kappa shape index (κ1) is 16.8. The second-order valence-corrected chi connectivity index (χ2v) is 4.98. The molecule has 7 heteroatoms. The molecule has 0 rings (SSSR count). The van der Waals surface area contributed by atoms with Gasteiger partial charge in [-0.1, -0.05) is 0 Å². The normalized spacial score (nSPS) is 11.4. The molecule has 0 aromatic carbocycles. The Morgan fingerprint density at radius 1 is 1.11 bits per heavy atom. The van der Waals surface area contributed by atoms with Gasteiger partial charge in [-0.15, -0.1) is 0 Å². The predicted molar refractivity (Wildman–Crippen MR) is 67.0 cm³/mol. The lowest BCUT2D eigenvalue weighted by atomic mass is 10.1. The van der Waals surface area contributed by atoms with Crippen LogP contribution >= 0.6 is 0 Å². The minimum absolute atomic E-state index is 0.0430. The summed E-state index contributed by atoms with van der Waals surface area (Å²) in [5, 5.41) is 22.3. The van der Waals surface area contributed by atoms with Gasteiger partial charge in [0.2, 0.25) is 5.91 Å². The molecule has 0 radical (unpaired) electrons. The van der Waals surface area contributed by atoms with E-state index in [-0.39, 0.29) is 32.8 Å². The average molecular weight is 261 g/mol. The fourth-order valence-corrected chi connectivity index (χ4v) is 1.29. The second kappa shape index (κ2) is 8.02. The molecule has 0 fully saturated rings. The van der Waals surface area contributed by atoms with Crippen LogP contribution in [-0.2, 0) is 4.79 Å². The number of nitrogens with one attached hydrogen (secondary N) is 2. The Morgan fingerprint density at radius 3 is 2.00 bits per heavy atom. The summed E-state index contributed by atoms with van der Waals surface area (Å²) in [5.74, 6) is -0.473. The third kappa shape index (κ3) is 8.91. The maximum Gasteiger partial charge on any atom is 0.321 e. The Labute approximate surface area is 107 Å². The topological polar surface area (TPSA) is 102 Å². The first-order valence-corrected chi connectivity index (χ1v) is 5.84. The van der Waals surface area contributed by atoms with Crippen LogP contribution in [0.3, 0.4) is 0 Å². The molecule has 0 aliphatic rings. The van der Waals surface area contributed by atoms with Crippen molar-refractivity contribution in [3.8, 4) is 0 Å². The zero-order valence-corrected chi connectivity index (χ0v) is 11.2. The molecule has 0 saturated heterocycles. The van der Waals surface area contributed by atoms with Crippen molar-refractivity contribution < 1.29 is 19.8 Å². The van der Waals surface area contributed by atoms with Crippen LogP contribution < -0.4 is 10.6 Å². The fourth-order valence-electron chi connectivity index (χ4n) is 1.29. The van der Waals surface area contributed by atoms with E-state index < -0.39 is 17.5 Å². The molecule has 0 saturated carbocycles. The second-order valence-electron chi connectivity index (χ2n) is 4.98. The molecule has 7 nitrogen and oxygen atoms in total. The predicted octanol–water partition coefficient (Wildman–Crippen LogP) is -1.10. The van der Waals surface area contributed by atoms with Crippen molar-refractivity contribution in [1.82, 2.24) is 15.5 Å². The van der Waals surface area contributed by atoms with Gasteiger partial charge in [-0.25, -0.2) is 4.79 Å². The summed E-state index contributed by atoms with van der Waals surface area (Å²) >= 11 is 0. The number of rotatable bonds is 6. The standard InChI is InChI=1S/C11H23N3O4/c1-11(2,3)13-10(18)12-9(17)8-14(4-6-15)5-7-16/h15-16H,4-8H2,1-3H3,(H2,12,13,17,18). The molecule has 18 heavy (non-hydrogen) atoms. The summed E-state index contributed by atoms with van der Waals surface area (Å²) in [6, 6.07) is -0.555. The molecule has 0 atom stereocenters. The summed E-state index contributed by atoms with van der Waals surface area (Å²) in [6.07, 6.45) is 0. The Hall–Kier alpha value is -1.18. The van der Waals surface area contributed by atoms with Crippen LogP contribution in [0.25, 0.3) is 0 Å². The summed E-state index contributed by atoms with van der Waals surface area (Å²) in [5.41, 5.74) is -0.416. The molecule has 0 spiro atoms. The number of hydrogen-bond acceptors (Lipinski definition) is 5. The van der Waals surface area contributed by atoms with Crippen molar-refractivity contribution in [2.45, 2.75) is 26.3 Å². The molecule has 0 bridgehead atoms. The van der Waals surface area contributed by atoms with E-state index in [9.17, 15) is 9.59 Å².